The van der Waals surface area contributed by atoms with Gasteiger partial charge >= 0.3 is 6.18 Å². The van der Waals surface area contributed by atoms with Crippen molar-refractivity contribution in [2.24, 2.45) is 0 Å². The van der Waals surface area contributed by atoms with E-state index < -0.39 is 36.4 Å². The van der Waals surface area contributed by atoms with Gasteiger partial charge in [0.1, 0.15) is 11.9 Å². The minimum absolute atomic E-state index is 0.160. The Morgan fingerprint density at radius 3 is 2.44 bits per heavy atom. The molecule has 0 bridgehead atoms. The van der Waals surface area contributed by atoms with Crippen molar-refractivity contribution in [3.8, 4) is 0 Å². The highest BCUT2D eigenvalue weighted by Gasteiger charge is 2.34. The quantitative estimate of drug-likeness (QED) is 0.634. The lowest BCUT2D eigenvalue weighted by molar-refractivity contribution is -0.137. The summed E-state index contributed by atoms with van der Waals surface area (Å²) < 4.78 is 37.6. The van der Waals surface area contributed by atoms with Crippen molar-refractivity contribution in [3.63, 3.8) is 0 Å². The number of hydrogen-bond acceptors (Lipinski definition) is 5. The maximum Gasteiger partial charge on any atom is 0.419 e. The molecule has 0 aliphatic rings. The van der Waals surface area contributed by atoms with Crippen molar-refractivity contribution in [1.82, 2.24) is 4.98 Å². The number of nitrogens with zero attached hydrogens (tertiary/aromatic N) is 1. The largest absolute Gasteiger partial charge is 0.419 e. The minimum atomic E-state index is -4.69. The molecule has 0 aliphatic carbocycles. The van der Waals surface area contributed by atoms with Crippen LogP contribution in [0.25, 0.3) is 0 Å². The molecule has 2 unspecified atom stereocenters. The highest BCUT2D eigenvalue weighted by Crippen LogP contribution is 2.34. The lowest BCUT2D eigenvalue weighted by Crippen LogP contribution is -2.21. The van der Waals surface area contributed by atoms with Gasteiger partial charge in [-0.15, -0.1) is 0 Å². The molecule has 0 aromatic carbocycles. The van der Waals surface area contributed by atoms with Crippen molar-refractivity contribution in [2.45, 2.75) is 24.8 Å². The average molecular weight is 266 g/mol. The van der Waals surface area contributed by atoms with Gasteiger partial charge in [0.15, 0.2) is 0 Å². The lowest BCUT2D eigenvalue weighted by atomic mass is 10.0. The topological polar surface area (TPSA) is 99.6 Å². The predicted molar refractivity (Wildman–Crippen MR) is 56.3 cm³/mol. The summed E-state index contributed by atoms with van der Waals surface area (Å²) in [6, 6.07) is 0.633. The molecule has 5 N–H and O–H groups in total. The molecule has 2 atom stereocenters. The van der Waals surface area contributed by atoms with Crippen LogP contribution in [-0.4, -0.2) is 33.0 Å². The minimum Gasteiger partial charge on any atom is -0.396 e. The molecule has 0 fully saturated rings. The molecule has 5 nitrogen and oxygen atoms in total. The van der Waals surface area contributed by atoms with E-state index in [1.54, 1.807) is 0 Å². The Balaban J connectivity index is 3.05. The second-order valence-electron chi connectivity index (χ2n) is 3.72. The fourth-order valence-corrected chi connectivity index (χ4v) is 1.39. The van der Waals surface area contributed by atoms with E-state index in [9.17, 15) is 23.4 Å². The molecule has 1 rings (SSSR count). The van der Waals surface area contributed by atoms with Gasteiger partial charge in [-0.3, -0.25) is 0 Å². The van der Waals surface area contributed by atoms with E-state index in [4.69, 9.17) is 10.8 Å². The number of hydrogen-bond donors (Lipinski definition) is 4. The van der Waals surface area contributed by atoms with E-state index in [1.165, 1.54) is 0 Å². The summed E-state index contributed by atoms with van der Waals surface area (Å²) in [7, 11) is 0. The SMILES string of the molecule is Nc1ncc(C(O)C(O)CCO)cc1C(F)(F)F. The van der Waals surface area contributed by atoms with Crippen molar-refractivity contribution >= 4 is 5.82 Å². The molecule has 1 aromatic rings. The van der Waals surface area contributed by atoms with Crippen molar-refractivity contribution in [2.75, 3.05) is 12.3 Å². The van der Waals surface area contributed by atoms with Crippen LogP contribution in [0.3, 0.4) is 0 Å². The summed E-state index contributed by atoms with van der Waals surface area (Å²) in [5.41, 5.74) is 3.71. The van der Waals surface area contributed by atoms with Crippen LogP contribution >= 0.6 is 0 Å². The molecule has 0 spiro atoms. The molecule has 0 saturated carbocycles. The van der Waals surface area contributed by atoms with E-state index >= 15 is 0 Å². The van der Waals surface area contributed by atoms with Crippen LogP contribution in [0.15, 0.2) is 12.3 Å². The molecule has 18 heavy (non-hydrogen) atoms. The first-order valence-corrected chi connectivity index (χ1v) is 5.07. The second-order valence-corrected chi connectivity index (χ2v) is 3.72. The summed E-state index contributed by atoms with van der Waals surface area (Å²) in [5.74, 6) is -0.699. The smallest absolute Gasteiger partial charge is 0.396 e. The Morgan fingerprint density at radius 2 is 1.94 bits per heavy atom. The number of nitrogen functional groups attached to an aromatic ring is 1. The van der Waals surface area contributed by atoms with Crippen LogP contribution in [0.5, 0.6) is 0 Å². The van der Waals surface area contributed by atoms with Gasteiger partial charge in [-0.1, -0.05) is 0 Å². The molecular weight excluding hydrogens is 253 g/mol. The van der Waals surface area contributed by atoms with E-state index in [0.717, 1.165) is 6.20 Å². The molecule has 0 amide bonds. The molecular formula is C10H13F3N2O3. The maximum absolute atomic E-state index is 12.5. The lowest BCUT2D eigenvalue weighted by Gasteiger charge is -2.18. The standard InChI is InChI=1S/C10H13F3N2O3/c11-10(12,13)6-3-5(4-15-9(6)14)8(18)7(17)1-2-16/h3-4,7-8,16-18H,1-2H2,(H2,14,15). The third-order valence-electron chi connectivity index (χ3n) is 2.38. The van der Waals surface area contributed by atoms with Crippen molar-refractivity contribution < 1.29 is 28.5 Å². The zero-order chi connectivity index (χ0) is 13.9. The number of aliphatic hydroxyl groups is 3. The molecule has 0 radical (unpaired) electrons. The van der Waals surface area contributed by atoms with Crippen LogP contribution in [-0.2, 0) is 6.18 Å². The van der Waals surface area contributed by atoms with E-state index in [2.05, 4.69) is 4.98 Å². The predicted octanol–water partition coefficient (Wildman–Crippen LogP) is 0.459. The zero-order valence-corrected chi connectivity index (χ0v) is 9.22. The Labute approximate surface area is 101 Å². The van der Waals surface area contributed by atoms with Gasteiger partial charge in [0.2, 0.25) is 0 Å². The number of nitrogens with two attached hydrogens (primary N) is 1. The van der Waals surface area contributed by atoms with Crippen molar-refractivity contribution in [1.29, 1.82) is 0 Å². The molecule has 8 heteroatoms. The van der Waals surface area contributed by atoms with Gasteiger partial charge in [-0.25, -0.2) is 4.98 Å². The van der Waals surface area contributed by atoms with Crippen LogP contribution in [0, 0.1) is 0 Å². The highest BCUT2D eigenvalue weighted by molar-refractivity contribution is 5.43. The molecule has 1 heterocycles. The third kappa shape index (κ3) is 3.31. The number of anilines is 1. The first-order chi connectivity index (χ1) is 8.27. The average Bonchev–Trinajstić information content (AvgIpc) is 2.27. The molecule has 0 saturated heterocycles. The van der Waals surface area contributed by atoms with E-state index in [-0.39, 0.29) is 12.0 Å². The zero-order valence-electron chi connectivity index (χ0n) is 9.22. The van der Waals surface area contributed by atoms with Crippen LogP contribution < -0.4 is 5.73 Å². The first kappa shape index (κ1) is 14.7. The summed E-state index contributed by atoms with van der Waals surface area (Å²) in [6.45, 7) is -0.396. The van der Waals surface area contributed by atoms with Gasteiger partial charge in [0.05, 0.1) is 11.7 Å². The number of halogens is 3. The van der Waals surface area contributed by atoms with Gasteiger partial charge in [-0.2, -0.15) is 13.2 Å². The van der Waals surface area contributed by atoms with Gasteiger partial charge in [0.25, 0.3) is 0 Å². The molecule has 1 aromatic heterocycles. The Bertz CT molecular complexity index is 412. The Morgan fingerprint density at radius 1 is 1.33 bits per heavy atom. The van der Waals surface area contributed by atoms with Gasteiger partial charge in [0, 0.05) is 18.4 Å². The summed E-state index contributed by atoms with van der Waals surface area (Å²) in [4.78, 5) is 3.33. The second kappa shape index (κ2) is 5.51. The Hall–Kier alpha value is -1.38. The highest BCUT2D eigenvalue weighted by atomic mass is 19.4. The third-order valence-corrected chi connectivity index (χ3v) is 2.38. The summed E-state index contributed by atoms with van der Waals surface area (Å²) in [6.07, 6.45) is -6.83. The number of alkyl halides is 3. The summed E-state index contributed by atoms with van der Waals surface area (Å²) in [5, 5.41) is 27.5. The van der Waals surface area contributed by atoms with E-state index in [1.807, 2.05) is 0 Å². The van der Waals surface area contributed by atoms with Gasteiger partial charge < -0.3 is 21.1 Å². The number of rotatable bonds is 4. The molecule has 102 valence electrons. The number of aliphatic hydroxyl groups excluding tert-OH is 3. The van der Waals surface area contributed by atoms with Crippen LogP contribution in [0.1, 0.15) is 23.7 Å². The van der Waals surface area contributed by atoms with Crippen LogP contribution in [0.4, 0.5) is 19.0 Å². The monoisotopic (exact) mass is 266 g/mol. The summed E-state index contributed by atoms with van der Waals surface area (Å²) >= 11 is 0. The van der Waals surface area contributed by atoms with Gasteiger partial charge in [-0.05, 0) is 12.5 Å². The number of aromatic nitrogens is 1. The fraction of sp³-hybridized carbons (Fsp3) is 0.500. The first-order valence-electron chi connectivity index (χ1n) is 5.07. The fourth-order valence-electron chi connectivity index (χ4n) is 1.39. The Kier molecular flexibility index (Phi) is 4.49. The van der Waals surface area contributed by atoms with E-state index in [0.29, 0.717) is 6.07 Å². The number of pyridine rings is 1. The van der Waals surface area contributed by atoms with Crippen LogP contribution in [0.2, 0.25) is 0 Å². The van der Waals surface area contributed by atoms with Crippen molar-refractivity contribution in [3.05, 3.63) is 23.4 Å². The molecule has 0 aliphatic heterocycles. The normalized spacial score (nSPS) is 15.4. The maximum atomic E-state index is 12.5.